The van der Waals surface area contributed by atoms with Crippen molar-refractivity contribution in [2.24, 2.45) is 0 Å². The molecule has 0 saturated heterocycles. The van der Waals surface area contributed by atoms with E-state index in [1.807, 2.05) is 62.4 Å². The second-order valence-electron chi connectivity index (χ2n) is 8.65. The summed E-state index contributed by atoms with van der Waals surface area (Å²) in [5.74, 6) is -0.475. The lowest BCUT2D eigenvalue weighted by atomic mass is 10.1. The van der Waals surface area contributed by atoms with E-state index in [4.69, 9.17) is 4.98 Å². The number of benzene rings is 3. The molecule has 1 aromatic heterocycles. The first-order chi connectivity index (χ1) is 16.8. The molecule has 0 aliphatic carbocycles. The van der Waals surface area contributed by atoms with Crippen molar-refractivity contribution in [3.63, 3.8) is 0 Å². The van der Waals surface area contributed by atoms with Gasteiger partial charge in [0.15, 0.2) is 5.16 Å². The summed E-state index contributed by atoms with van der Waals surface area (Å²) in [7, 11) is 0. The lowest BCUT2D eigenvalue weighted by Crippen LogP contribution is -2.45. The molecule has 1 aliphatic heterocycles. The smallest absolute Gasteiger partial charge is 0.266 e. The zero-order valence-electron chi connectivity index (χ0n) is 19.6. The maximum Gasteiger partial charge on any atom is 0.266 e. The van der Waals surface area contributed by atoms with Gasteiger partial charge in [0.05, 0.1) is 33.2 Å². The Hall–Kier alpha value is -3.91. The monoisotopic (exact) mass is 484 g/mol. The maximum absolute atomic E-state index is 13.6. The molecule has 2 amide bonds. The van der Waals surface area contributed by atoms with Gasteiger partial charge in [0, 0.05) is 0 Å². The molecule has 1 N–H and O–H groups in total. The van der Waals surface area contributed by atoms with E-state index in [-0.39, 0.29) is 23.9 Å². The predicted molar refractivity (Wildman–Crippen MR) is 140 cm³/mol. The molecule has 0 bridgehead atoms. The minimum atomic E-state index is -0.598. The Bertz CT molecular complexity index is 1530. The topological polar surface area (TPSA) is 84.3 Å². The van der Waals surface area contributed by atoms with Crippen LogP contribution in [-0.2, 0) is 9.59 Å². The van der Waals surface area contributed by atoms with Gasteiger partial charge in [-0.15, -0.1) is 0 Å². The van der Waals surface area contributed by atoms with Crippen molar-refractivity contribution < 1.29 is 9.59 Å². The third kappa shape index (κ3) is 4.33. The number of nitrogens with one attached hydrogen (secondary N) is 1. The number of carbonyl (C=O) groups excluding carboxylic acids is 2. The maximum atomic E-state index is 13.6. The van der Waals surface area contributed by atoms with Gasteiger partial charge >= 0.3 is 0 Å². The molecule has 7 nitrogen and oxygen atoms in total. The van der Waals surface area contributed by atoms with Gasteiger partial charge < -0.3 is 5.32 Å². The molecule has 1 atom stereocenters. The van der Waals surface area contributed by atoms with Crippen LogP contribution in [0.3, 0.4) is 0 Å². The summed E-state index contributed by atoms with van der Waals surface area (Å²) in [6.07, 6.45) is 0. The van der Waals surface area contributed by atoms with Crippen LogP contribution in [0.25, 0.3) is 16.6 Å². The van der Waals surface area contributed by atoms with Crippen LogP contribution in [0.2, 0.25) is 0 Å². The first-order valence-corrected chi connectivity index (χ1v) is 12.2. The highest BCUT2D eigenvalue weighted by molar-refractivity contribution is 8.00. The molecule has 1 aliphatic rings. The highest BCUT2D eigenvalue weighted by Crippen LogP contribution is 2.32. The van der Waals surface area contributed by atoms with E-state index in [2.05, 4.69) is 5.32 Å². The van der Waals surface area contributed by atoms with Crippen LogP contribution in [-0.4, -0.2) is 33.2 Å². The Morgan fingerprint density at radius 2 is 1.69 bits per heavy atom. The van der Waals surface area contributed by atoms with Crippen molar-refractivity contribution in [1.82, 2.24) is 9.55 Å². The Balaban J connectivity index is 1.58. The quantitative estimate of drug-likeness (QED) is 0.341. The number of para-hydroxylation sites is 3. The van der Waals surface area contributed by atoms with Crippen LogP contribution in [0.4, 0.5) is 11.4 Å². The van der Waals surface area contributed by atoms with Crippen LogP contribution in [0.5, 0.6) is 0 Å². The number of nitrogens with zero attached hydrogens (tertiary/aromatic N) is 3. The summed E-state index contributed by atoms with van der Waals surface area (Å²) in [5, 5.41) is 3.14. The molecule has 35 heavy (non-hydrogen) atoms. The predicted octanol–water partition coefficient (Wildman–Crippen LogP) is 4.47. The van der Waals surface area contributed by atoms with Crippen LogP contribution in [0.1, 0.15) is 18.1 Å². The van der Waals surface area contributed by atoms with Crippen LogP contribution in [0.15, 0.2) is 76.7 Å². The molecule has 3 aromatic carbocycles. The average Bonchev–Trinajstić information content (AvgIpc) is 2.82. The van der Waals surface area contributed by atoms with Gasteiger partial charge in [0.2, 0.25) is 11.8 Å². The lowest BCUT2D eigenvalue weighted by molar-refractivity contribution is -0.121. The third-order valence-corrected chi connectivity index (χ3v) is 6.92. The van der Waals surface area contributed by atoms with Crippen molar-refractivity contribution in [3.8, 4) is 5.69 Å². The average molecular weight is 485 g/mol. The number of anilines is 2. The van der Waals surface area contributed by atoms with Gasteiger partial charge in [-0.1, -0.05) is 42.1 Å². The molecule has 8 heteroatoms. The molecule has 2 heterocycles. The van der Waals surface area contributed by atoms with Crippen molar-refractivity contribution in [1.29, 1.82) is 0 Å². The fourth-order valence-corrected chi connectivity index (χ4v) is 5.35. The van der Waals surface area contributed by atoms with Gasteiger partial charge in [-0.25, -0.2) is 4.98 Å². The molecule has 5 rings (SSSR count). The second-order valence-corrected chi connectivity index (χ2v) is 9.96. The molecule has 0 fully saturated rings. The number of aryl methyl sites for hydroxylation is 2. The van der Waals surface area contributed by atoms with Crippen molar-refractivity contribution in [2.45, 2.75) is 31.2 Å². The van der Waals surface area contributed by atoms with Crippen LogP contribution < -0.4 is 15.8 Å². The van der Waals surface area contributed by atoms with E-state index in [1.54, 1.807) is 29.7 Å². The van der Waals surface area contributed by atoms with Gasteiger partial charge in [-0.2, -0.15) is 0 Å². The molecular weight excluding hydrogens is 460 g/mol. The van der Waals surface area contributed by atoms with Gasteiger partial charge in [-0.05, 0) is 68.3 Å². The first kappa shape index (κ1) is 22.9. The number of carbonyl (C=O) groups is 2. The van der Waals surface area contributed by atoms with E-state index in [0.29, 0.717) is 33.1 Å². The van der Waals surface area contributed by atoms with Crippen molar-refractivity contribution in [2.75, 3.05) is 16.8 Å². The van der Waals surface area contributed by atoms with Gasteiger partial charge in [0.1, 0.15) is 6.54 Å². The second kappa shape index (κ2) is 9.03. The number of rotatable bonds is 4. The summed E-state index contributed by atoms with van der Waals surface area (Å²) in [6, 6.07) is 20.3. The standard InChI is InChI=1S/C27H24N4O3S/c1-16-12-17(2)14-19(13-16)31-26(34)20-8-4-5-9-21(20)29-27(31)35-18(3)25(33)30-15-24(32)28-22-10-6-7-11-23(22)30/h4-14,18H,15H2,1-3H3,(H,28,32). The number of aromatic nitrogens is 2. The Labute approximate surface area is 206 Å². The summed E-state index contributed by atoms with van der Waals surface area (Å²) in [5.41, 5.74) is 4.39. The Morgan fingerprint density at radius 1 is 1.00 bits per heavy atom. The molecule has 4 aromatic rings. The highest BCUT2D eigenvalue weighted by atomic mass is 32.2. The summed E-state index contributed by atoms with van der Waals surface area (Å²) in [6.45, 7) is 5.67. The molecule has 176 valence electrons. The number of amides is 2. The number of thioether (sulfide) groups is 1. The highest BCUT2D eigenvalue weighted by Gasteiger charge is 2.31. The normalized spacial score (nSPS) is 13.9. The fraction of sp³-hybridized carbons (Fsp3) is 0.185. The number of hydrogen-bond donors (Lipinski definition) is 1. The first-order valence-electron chi connectivity index (χ1n) is 11.3. The Morgan fingerprint density at radius 3 is 2.46 bits per heavy atom. The largest absolute Gasteiger partial charge is 0.323 e. The van der Waals surface area contributed by atoms with Crippen molar-refractivity contribution in [3.05, 3.63) is 88.2 Å². The van der Waals surface area contributed by atoms with Crippen LogP contribution in [0, 0.1) is 13.8 Å². The number of fused-ring (bicyclic) bond motifs is 2. The summed E-state index contributed by atoms with van der Waals surface area (Å²) >= 11 is 1.21. The number of hydrogen-bond acceptors (Lipinski definition) is 5. The molecule has 0 saturated carbocycles. The summed E-state index contributed by atoms with van der Waals surface area (Å²) < 4.78 is 1.58. The minimum Gasteiger partial charge on any atom is -0.323 e. The van der Waals surface area contributed by atoms with Crippen LogP contribution >= 0.6 is 11.8 Å². The van der Waals surface area contributed by atoms with Gasteiger partial charge in [-0.3, -0.25) is 23.9 Å². The fourth-order valence-electron chi connectivity index (χ4n) is 4.36. The zero-order chi connectivity index (χ0) is 24.7. The Kier molecular flexibility index (Phi) is 5.90. The van der Waals surface area contributed by atoms with Crippen molar-refractivity contribution >= 4 is 45.9 Å². The van der Waals surface area contributed by atoms with E-state index < -0.39 is 5.25 Å². The molecule has 1 unspecified atom stereocenters. The van der Waals surface area contributed by atoms with E-state index in [1.165, 1.54) is 16.7 Å². The molecule has 0 spiro atoms. The van der Waals surface area contributed by atoms with E-state index >= 15 is 0 Å². The molecular formula is C27H24N4O3S. The van der Waals surface area contributed by atoms with Gasteiger partial charge in [0.25, 0.3) is 5.56 Å². The summed E-state index contributed by atoms with van der Waals surface area (Å²) in [4.78, 5) is 45.6. The third-order valence-electron chi connectivity index (χ3n) is 5.88. The molecule has 0 radical (unpaired) electrons. The van der Waals surface area contributed by atoms with E-state index in [0.717, 1.165) is 11.1 Å². The zero-order valence-corrected chi connectivity index (χ0v) is 20.4. The minimum absolute atomic E-state index is 0.0597. The lowest BCUT2D eigenvalue weighted by Gasteiger charge is -2.31. The van der Waals surface area contributed by atoms with E-state index in [9.17, 15) is 14.4 Å². The SMILES string of the molecule is Cc1cc(C)cc(-n2c(SC(C)C(=O)N3CC(=O)Nc4ccccc43)nc3ccccc3c2=O)c1.